The number of benzene rings is 1. The molecule has 0 bridgehead atoms. The lowest BCUT2D eigenvalue weighted by Gasteiger charge is -2.20. The Morgan fingerprint density at radius 1 is 1.24 bits per heavy atom. The second-order valence-electron chi connectivity index (χ2n) is 5.61. The molecule has 0 unspecified atom stereocenters. The second kappa shape index (κ2) is 6.18. The van der Waals surface area contributed by atoms with E-state index in [0.29, 0.717) is 17.2 Å². The summed E-state index contributed by atoms with van der Waals surface area (Å²) in [5.41, 5.74) is 2.48. The van der Waals surface area contributed by atoms with E-state index in [9.17, 15) is 8.42 Å². The number of rotatable bonds is 5. The van der Waals surface area contributed by atoms with Gasteiger partial charge >= 0.3 is 0 Å². The first kappa shape index (κ1) is 16.9. The normalized spacial score (nSPS) is 11.5. The highest BCUT2D eigenvalue weighted by molar-refractivity contribution is 7.90. The van der Waals surface area contributed by atoms with Crippen LogP contribution in [0.4, 0.5) is 22.9 Å². The Kier molecular flexibility index (Phi) is 4.18. The summed E-state index contributed by atoms with van der Waals surface area (Å²) in [6, 6.07) is 6.75. The lowest BCUT2D eigenvalue weighted by atomic mass is 10.2. The Labute approximate surface area is 144 Å². The zero-order valence-electron chi connectivity index (χ0n) is 13.9. The molecule has 2 heterocycles. The maximum atomic E-state index is 11.2. The van der Waals surface area contributed by atoms with Crippen LogP contribution in [0, 0.1) is 6.92 Å². The molecule has 0 amide bonds. The Bertz CT molecular complexity index is 1030. The van der Waals surface area contributed by atoms with Crippen LogP contribution in [0.25, 0.3) is 5.78 Å². The lowest BCUT2D eigenvalue weighted by molar-refractivity contribution is 0.603. The van der Waals surface area contributed by atoms with Crippen molar-refractivity contribution in [3.63, 3.8) is 0 Å². The van der Waals surface area contributed by atoms with Gasteiger partial charge in [0, 0.05) is 19.8 Å². The van der Waals surface area contributed by atoms with Crippen molar-refractivity contribution in [2.45, 2.75) is 6.92 Å². The summed E-state index contributed by atoms with van der Waals surface area (Å²) < 4.78 is 26.3. The molecule has 2 aromatic heterocycles. The molecule has 4 N–H and O–H groups in total. The van der Waals surface area contributed by atoms with Crippen LogP contribution in [0.2, 0.25) is 0 Å². The van der Waals surface area contributed by atoms with Gasteiger partial charge in [-0.05, 0) is 25.1 Å². The fourth-order valence-electron chi connectivity index (χ4n) is 2.46. The van der Waals surface area contributed by atoms with Gasteiger partial charge in [-0.15, -0.1) is 0 Å². The summed E-state index contributed by atoms with van der Waals surface area (Å²) in [5.74, 6) is 1.27. The third-order valence-corrected chi connectivity index (χ3v) is 3.92. The third-order valence-electron chi connectivity index (χ3n) is 3.40. The van der Waals surface area contributed by atoms with E-state index < -0.39 is 10.2 Å². The van der Waals surface area contributed by atoms with Gasteiger partial charge in [-0.1, -0.05) is 6.07 Å². The van der Waals surface area contributed by atoms with Gasteiger partial charge < -0.3 is 10.2 Å². The first-order chi connectivity index (χ1) is 11.7. The Balaban J connectivity index is 2.05. The highest BCUT2D eigenvalue weighted by Crippen LogP contribution is 2.31. The highest BCUT2D eigenvalue weighted by Gasteiger charge is 2.16. The molecule has 25 heavy (non-hydrogen) atoms. The zero-order valence-corrected chi connectivity index (χ0v) is 14.7. The number of hydrogen-bond donors (Lipinski definition) is 3. The number of nitrogens with zero attached hydrogens (tertiary/aromatic N) is 5. The standard InChI is InChI=1S/C14H18N8O2S/c1-9-12(13(21(2)3)22-14(18-9)16-8-17-22)19-10-5-4-6-11(7-10)20-25(15,23)24/h4-8,19-20H,1-3H3,(H2,15,23,24). The SMILES string of the molecule is Cc1nc2ncnn2c(N(C)C)c1Nc1cccc(NS(N)(=O)=O)c1. The average Bonchev–Trinajstić information content (AvgIpc) is 2.93. The first-order valence-corrected chi connectivity index (χ1v) is 8.84. The highest BCUT2D eigenvalue weighted by atomic mass is 32.2. The monoisotopic (exact) mass is 362 g/mol. The molecule has 0 aliphatic heterocycles. The summed E-state index contributed by atoms with van der Waals surface area (Å²) in [6.07, 6.45) is 1.44. The van der Waals surface area contributed by atoms with Crippen LogP contribution in [0.3, 0.4) is 0 Å². The van der Waals surface area contributed by atoms with Gasteiger partial charge in [-0.25, -0.2) is 10.1 Å². The molecule has 3 rings (SSSR count). The molecule has 0 spiro atoms. The van der Waals surface area contributed by atoms with Crippen molar-refractivity contribution in [2.75, 3.05) is 29.0 Å². The van der Waals surface area contributed by atoms with Crippen LogP contribution in [0.5, 0.6) is 0 Å². The largest absolute Gasteiger partial charge is 0.361 e. The first-order valence-electron chi connectivity index (χ1n) is 7.30. The summed E-state index contributed by atoms with van der Waals surface area (Å²) >= 11 is 0. The van der Waals surface area contributed by atoms with Crippen LogP contribution in [0.15, 0.2) is 30.6 Å². The summed E-state index contributed by atoms with van der Waals surface area (Å²) in [4.78, 5) is 10.4. The molecule has 1 aromatic carbocycles. The summed E-state index contributed by atoms with van der Waals surface area (Å²) in [5, 5.41) is 12.5. The van der Waals surface area contributed by atoms with Gasteiger partial charge in [-0.2, -0.15) is 23.0 Å². The maximum absolute atomic E-state index is 11.2. The summed E-state index contributed by atoms with van der Waals surface area (Å²) in [6.45, 7) is 1.86. The van der Waals surface area contributed by atoms with E-state index in [1.807, 2.05) is 25.9 Å². The van der Waals surface area contributed by atoms with Crippen LogP contribution >= 0.6 is 0 Å². The van der Waals surface area contributed by atoms with E-state index in [0.717, 1.165) is 17.2 Å². The quantitative estimate of drug-likeness (QED) is 0.613. The van der Waals surface area contributed by atoms with Gasteiger partial charge in [0.2, 0.25) is 0 Å². The van der Waals surface area contributed by atoms with E-state index in [2.05, 4.69) is 25.1 Å². The minimum absolute atomic E-state index is 0.353. The topological polar surface area (TPSA) is 131 Å². The Morgan fingerprint density at radius 2 is 1.96 bits per heavy atom. The minimum atomic E-state index is -3.84. The fraction of sp³-hybridized carbons (Fsp3) is 0.214. The molecule has 11 heteroatoms. The van der Waals surface area contributed by atoms with Crippen molar-refractivity contribution >= 4 is 38.9 Å². The van der Waals surface area contributed by atoms with Crippen molar-refractivity contribution < 1.29 is 8.42 Å². The predicted octanol–water partition coefficient (Wildman–Crippen LogP) is 0.858. The molecule has 0 aliphatic carbocycles. The van der Waals surface area contributed by atoms with Crippen LogP contribution in [0.1, 0.15) is 5.69 Å². The van der Waals surface area contributed by atoms with Crippen molar-refractivity contribution in [2.24, 2.45) is 5.14 Å². The number of aromatic nitrogens is 4. The number of fused-ring (bicyclic) bond motifs is 1. The van der Waals surface area contributed by atoms with Gasteiger partial charge in [0.05, 0.1) is 11.4 Å². The Morgan fingerprint density at radius 3 is 2.64 bits per heavy atom. The molecule has 0 radical (unpaired) electrons. The number of nitrogens with two attached hydrogens (primary N) is 1. The maximum Gasteiger partial charge on any atom is 0.296 e. The Hall–Kier alpha value is -2.92. The second-order valence-corrected chi connectivity index (χ2v) is 6.91. The smallest absolute Gasteiger partial charge is 0.296 e. The number of nitrogens with one attached hydrogen (secondary N) is 2. The number of hydrogen-bond acceptors (Lipinski definition) is 7. The average molecular weight is 362 g/mol. The van der Waals surface area contributed by atoms with Gasteiger partial charge in [-0.3, -0.25) is 4.72 Å². The van der Waals surface area contributed by atoms with E-state index in [-0.39, 0.29) is 0 Å². The molecule has 0 aliphatic rings. The van der Waals surface area contributed by atoms with Crippen LogP contribution in [-0.2, 0) is 10.2 Å². The molecule has 132 valence electrons. The predicted molar refractivity (Wildman–Crippen MR) is 96.3 cm³/mol. The molecule has 0 atom stereocenters. The zero-order chi connectivity index (χ0) is 18.2. The number of aryl methyl sites for hydroxylation is 1. The molecule has 3 aromatic rings. The third kappa shape index (κ3) is 3.61. The number of anilines is 4. The van der Waals surface area contributed by atoms with Gasteiger partial charge in [0.1, 0.15) is 12.0 Å². The van der Waals surface area contributed by atoms with Crippen LogP contribution in [-0.4, -0.2) is 42.1 Å². The molecular weight excluding hydrogens is 344 g/mol. The van der Waals surface area contributed by atoms with E-state index >= 15 is 0 Å². The van der Waals surface area contributed by atoms with Gasteiger partial charge in [0.25, 0.3) is 16.0 Å². The van der Waals surface area contributed by atoms with Crippen molar-refractivity contribution in [3.8, 4) is 0 Å². The fourth-order valence-corrected chi connectivity index (χ4v) is 2.92. The molecule has 0 saturated carbocycles. The summed E-state index contributed by atoms with van der Waals surface area (Å²) in [7, 11) is -0.0607. The van der Waals surface area contributed by atoms with Crippen molar-refractivity contribution in [1.29, 1.82) is 0 Å². The van der Waals surface area contributed by atoms with E-state index in [4.69, 9.17) is 5.14 Å². The molecule has 0 fully saturated rings. The van der Waals surface area contributed by atoms with E-state index in [1.165, 1.54) is 6.33 Å². The van der Waals surface area contributed by atoms with Gasteiger partial charge in [0.15, 0.2) is 5.82 Å². The van der Waals surface area contributed by atoms with Crippen molar-refractivity contribution in [3.05, 3.63) is 36.3 Å². The molecule has 0 saturated heterocycles. The minimum Gasteiger partial charge on any atom is -0.361 e. The molecular formula is C14H18N8O2S. The lowest BCUT2D eigenvalue weighted by Crippen LogP contribution is -2.21. The van der Waals surface area contributed by atoms with E-state index in [1.54, 1.807) is 28.8 Å². The van der Waals surface area contributed by atoms with Crippen LogP contribution < -0.4 is 20.1 Å². The molecule has 10 nitrogen and oxygen atoms in total. The van der Waals surface area contributed by atoms with Crippen molar-refractivity contribution in [1.82, 2.24) is 19.6 Å².